The zero-order valence-corrected chi connectivity index (χ0v) is 14.6. The average molecular weight is 346 g/mol. The van der Waals surface area contributed by atoms with Crippen LogP contribution >= 0.6 is 0 Å². The maximum atomic E-state index is 12.5. The topological polar surface area (TPSA) is 72.4 Å². The number of nitrogens with zero attached hydrogens (tertiary/aromatic N) is 3. The molecule has 0 unspecified atom stereocenters. The van der Waals surface area contributed by atoms with Gasteiger partial charge in [0.1, 0.15) is 11.3 Å². The third kappa shape index (κ3) is 2.97. The molecular weight excluding hydrogens is 328 g/mol. The van der Waals surface area contributed by atoms with Crippen molar-refractivity contribution in [3.63, 3.8) is 0 Å². The van der Waals surface area contributed by atoms with E-state index in [2.05, 4.69) is 15.4 Å². The van der Waals surface area contributed by atoms with Gasteiger partial charge >= 0.3 is 0 Å². The normalized spacial score (nSPS) is 11.0. The zero-order chi connectivity index (χ0) is 18.1. The largest absolute Gasteiger partial charge is 0.464 e. The van der Waals surface area contributed by atoms with Crippen LogP contribution in [-0.2, 0) is 6.54 Å². The number of carbonyl (C=O) groups excluding carboxylic acids is 1. The number of rotatable bonds is 4. The first-order chi connectivity index (χ1) is 12.6. The van der Waals surface area contributed by atoms with E-state index in [1.165, 1.54) is 0 Å². The number of furan rings is 1. The molecule has 1 aromatic carbocycles. The maximum Gasteiger partial charge on any atom is 0.257 e. The fourth-order valence-electron chi connectivity index (χ4n) is 2.94. The SMILES string of the molecule is Cc1cc(C)n2ncc(C(=O)NCc3ccc(-c4ccco4)cc3)c2n1. The Bertz CT molecular complexity index is 1060. The number of aromatic nitrogens is 3. The number of nitrogens with one attached hydrogen (secondary N) is 1. The second-order valence-electron chi connectivity index (χ2n) is 6.19. The van der Waals surface area contributed by atoms with Crippen LogP contribution in [0.25, 0.3) is 17.0 Å². The first-order valence-corrected chi connectivity index (χ1v) is 8.35. The predicted molar refractivity (Wildman–Crippen MR) is 97.8 cm³/mol. The van der Waals surface area contributed by atoms with E-state index in [0.717, 1.165) is 28.3 Å². The molecule has 6 nitrogen and oxygen atoms in total. The van der Waals surface area contributed by atoms with Crippen molar-refractivity contribution in [2.45, 2.75) is 20.4 Å². The van der Waals surface area contributed by atoms with Crippen molar-refractivity contribution in [3.8, 4) is 11.3 Å². The summed E-state index contributed by atoms with van der Waals surface area (Å²) in [6.45, 7) is 4.28. The number of fused-ring (bicyclic) bond motifs is 1. The van der Waals surface area contributed by atoms with Gasteiger partial charge in [0.15, 0.2) is 5.65 Å². The van der Waals surface area contributed by atoms with E-state index in [1.54, 1.807) is 17.0 Å². The Hall–Kier alpha value is -3.41. The smallest absolute Gasteiger partial charge is 0.257 e. The molecule has 6 heteroatoms. The molecule has 0 aliphatic rings. The van der Waals surface area contributed by atoms with Gasteiger partial charge in [0.05, 0.1) is 12.5 Å². The fraction of sp³-hybridized carbons (Fsp3) is 0.150. The Morgan fingerprint density at radius 1 is 1.19 bits per heavy atom. The van der Waals surface area contributed by atoms with Crippen molar-refractivity contribution in [2.24, 2.45) is 0 Å². The third-order valence-electron chi connectivity index (χ3n) is 4.24. The number of amides is 1. The molecule has 0 spiro atoms. The second-order valence-corrected chi connectivity index (χ2v) is 6.19. The molecule has 0 aliphatic heterocycles. The van der Waals surface area contributed by atoms with Crippen molar-refractivity contribution < 1.29 is 9.21 Å². The van der Waals surface area contributed by atoms with Crippen LogP contribution in [0.2, 0.25) is 0 Å². The average Bonchev–Trinajstić information content (AvgIpc) is 3.30. The molecule has 0 saturated heterocycles. The van der Waals surface area contributed by atoms with Gasteiger partial charge in [0.2, 0.25) is 0 Å². The Balaban J connectivity index is 1.49. The molecule has 4 rings (SSSR count). The highest BCUT2D eigenvalue weighted by atomic mass is 16.3. The van der Waals surface area contributed by atoms with Crippen LogP contribution < -0.4 is 5.32 Å². The number of hydrogen-bond acceptors (Lipinski definition) is 4. The van der Waals surface area contributed by atoms with Gasteiger partial charge in [-0.05, 0) is 37.6 Å². The maximum absolute atomic E-state index is 12.5. The Morgan fingerprint density at radius 3 is 2.73 bits per heavy atom. The molecular formula is C20H18N4O2. The van der Waals surface area contributed by atoms with Crippen molar-refractivity contribution in [3.05, 3.63) is 77.4 Å². The number of aryl methyl sites for hydroxylation is 2. The van der Waals surface area contributed by atoms with Gasteiger partial charge in [-0.25, -0.2) is 9.50 Å². The highest BCUT2D eigenvalue weighted by Crippen LogP contribution is 2.20. The van der Waals surface area contributed by atoms with Gasteiger partial charge in [-0.1, -0.05) is 24.3 Å². The lowest BCUT2D eigenvalue weighted by Gasteiger charge is -2.06. The van der Waals surface area contributed by atoms with E-state index in [4.69, 9.17) is 4.42 Å². The van der Waals surface area contributed by atoms with Crippen LogP contribution in [0.15, 0.2) is 59.3 Å². The molecule has 1 N–H and O–H groups in total. The van der Waals surface area contributed by atoms with Gasteiger partial charge in [0, 0.05) is 23.5 Å². The zero-order valence-electron chi connectivity index (χ0n) is 14.6. The van der Waals surface area contributed by atoms with E-state index < -0.39 is 0 Å². The van der Waals surface area contributed by atoms with Gasteiger partial charge in [-0.2, -0.15) is 5.10 Å². The molecule has 3 aromatic heterocycles. The van der Waals surface area contributed by atoms with E-state index in [-0.39, 0.29) is 5.91 Å². The molecule has 26 heavy (non-hydrogen) atoms. The molecule has 0 fully saturated rings. The molecule has 0 bridgehead atoms. The van der Waals surface area contributed by atoms with Crippen molar-refractivity contribution in [2.75, 3.05) is 0 Å². The molecule has 130 valence electrons. The second kappa shape index (κ2) is 6.48. The lowest BCUT2D eigenvalue weighted by molar-refractivity contribution is 0.0952. The molecule has 0 saturated carbocycles. The highest BCUT2D eigenvalue weighted by molar-refractivity contribution is 5.99. The Kier molecular flexibility index (Phi) is 4.01. The molecule has 0 atom stereocenters. The summed E-state index contributed by atoms with van der Waals surface area (Å²) in [4.78, 5) is 17.0. The van der Waals surface area contributed by atoms with E-state index in [0.29, 0.717) is 17.8 Å². The number of benzene rings is 1. The summed E-state index contributed by atoms with van der Waals surface area (Å²) in [6.07, 6.45) is 3.21. The minimum Gasteiger partial charge on any atom is -0.464 e. The third-order valence-corrected chi connectivity index (χ3v) is 4.24. The summed E-state index contributed by atoms with van der Waals surface area (Å²) in [7, 11) is 0. The predicted octanol–water partition coefficient (Wildman–Crippen LogP) is 3.54. The number of carbonyl (C=O) groups is 1. The molecule has 3 heterocycles. The summed E-state index contributed by atoms with van der Waals surface area (Å²) in [5, 5.41) is 7.19. The summed E-state index contributed by atoms with van der Waals surface area (Å²) in [5.74, 6) is 0.636. The lowest BCUT2D eigenvalue weighted by atomic mass is 10.1. The van der Waals surface area contributed by atoms with E-state index >= 15 is 0 Å². The summed E-state index contributed by atoms with van der Waals surface area (Å²) >= 11 is 0. The fourth-order valence-corrected chi connectivity index (χ4v) is 2.94. The molecule has 1 amide bonds. The van der Waals surface area contributed by atoms with Gasteiger partial charge < -0.3 is 9.73 Å². The standard InChI is InChI=1S/C20H18N4O2/c1-13-10-14(2)24-19(23-13)17(12-22-24)20(25)21-11-15-5-7-16(8-6-15)18-4-3-9-26-18/h3-10,12H,11H2,1-2H3,(H,21,25). The summed E-state index contributed by atoms with van der Waals surface area (Å²) in [6, 6.07) is 13.6. The van der Waals surface area contributed by atoms with Crippen LogP contribution in [-0.4, -0.2) is 20.5 Å². The summed E-state index contributed by atoms with van der Waals surface area (Å²) < 4.78 is 7.06. The van der Waals surface area contributed by atoms with Crippen LogP contribution in [0.5, 0.6) is 0 Å². The van der Waals surface area contributed by atoms with Crippen LogP contribution in [0.3, 0.4) is 0 Å². The van der Waals surface area contributed by atoms with Crippen LogP contribution in [0, 0.1) is 13.8 Å². The Morgan fingerprint density at radius 2 is 2.00 bits per heavy atom. The monoisotopic (exact) mass is 346 g/mol. The molecule has 0 aliphatic carbocycles. The van der Waals surface area contributed by atoms with Crippen LogP contribution in [0.4, 0.5) is 0 Å². The number of hydrogen-bond donors (Lipinski definition) is 1. The first-order valence-electron chi connectivity index (χ1n) is 8.35. The van der Waals surface area contributed by atoms with Gasteiger partial charge in [0.25, 0.3) is 5.91 Å². The van der Waals surface area contributed by atoms with Gasteiger partial charge in [-0.3, -0.25) is 4.79 Å². The molecule has 0 radical (unpaired) electrons. The summed E-state index contributed by atoms with van der Waals surface area (Å²) in [5.41, 5.74) is 4.86. The van der Waals surface area contributed by atoms with Gasteiger partial charge in [-0.15, -0.1) is 0 Å². The minimum absolute atomic E-state index is 0.187. The van der Waals surface area contributed by atoms with E-state index in [1.807, 2.05) is 56.3 Å². The Labute approximate surface area is 150 Å². The first kappa shape index (κ1) is 16.1. The minimum atomic E-state index is -0.187. The van der Waals surface area contributed by atoms with Crippen molar-refractivity contribution in [1.82, 2.24) is 19.9 Å². The van der Waals surface area contributed by atoms with E-state index in [9.17, 15) is 4.79 Å². The highest BCUT2D eigenvalue weighted by Gasteiger charge is 2.15. The molecule has 4 aromatic rings. The van der Waals surface area contributed by atoms with Crippen molar-refractivity contribution >= 4 is 11.6 Å². The van der Waals surface area contributed by atoms with Crippen molar-refractivity contribution in [1.29, 1.82) is 0 Å². The lowest BCUT2D eigenvalue weighted by Crippen LogP contribution is -2.22. The quantitative estimate of drug-likeness (QED) is 0.613. The van der Waals surface area contributed by atoms with Crippen LogP contribution in [0.1, 0.15) is 27.3 Å².